The molecule has 0 fully saturated rings. The van der Waals surface area contributed by atoms with Gasteiger partial charge in [0, 0.05) is 17.7 Å². The number of carbonyl (C=O) groups is 2. The SMILES string of the molecule is Cc1c(C(=O)Nc2ccccc2Oc2ccccc2Cl)[nH]c2c1C(=O)CCC2. The van der Waals surface area contributed by atoms with Gasteiger partial charge < -0.3 is 15.0 Å². The van der Waals surface area contributed by atoms with Crippen molar-refractivity contribution >= 4 is 29.0 Å². The number of Topliss-reactive ketones (excluding diaryl/α,β-unsaturated/α-hetero) is 1. The van der Waals surface area contributed by atoms with E-state index in [-0.39, 0.29) is 11.7 Å². The van der Waals surface area contributed by atoms with Gasteiger partial charge in [0.05, 0.1) is 10.7 Å². The van der Waals surface area contributed by atoms with Crippen molar-refractivity contribution in [2.45, 2.75) is 26.2 Å². The van der Waals surface area contributed by atoms with Gasteiger partial charge in [-0.1, -0.05) is 35.9 Å². The van der Waals surface area contributed by atoms with E-state index in [1.54, 1.807) is 31.2 Å². The Morgan fingerprint density at radius 2 is 1.79 bits per heavy atom. The van der Waals surface area contributed by atoms with Crippen molar-refractivity contribution in [3.8, 4) is 11.5 Å². The topological polar surface area (TPSA) is 71.2 Å². The van der Waals surface area contributed by atoms with E-state index in [0.717, 1.165) is 18.5 Å². The lowest BCUT2D eigenvalue weighted by molar-refractivity contribution is 0.0971. The molecule has 0 spiro atoms. The second-order valence-electron chi connectivity index (χ2n) is 6.74. The van der Waals surface area contributed by atoms with Crippen molar-refractivity contribution in [1.29, 1.82) is 0 Å². The minimum Gasteiger partial charge on any atom is -0.454 e. The Kier molecular flexibility index (Phi) is 4.92. The average molecular weight is 395 g/mol. The number of hydrogen-bond donors (Lipinski definition) is 2. The maximum absolute atomic E-state index is 12.9. The maximum Gasteiger partial charge on any atom is 0.272 e. The smallest absolute Gasteiger partial charge is 0.272 e. The predicted octanol–water partition coefficient (Wildman–Crippen LogP) is 5.54. The molecule has 3 aromatic rings. The van der Waals surface area contributed by atoms with Crippen molar-refractivity contribution < 1.29 is 14.3 Å². The summed E-state index contributed by atoms with van der Waals surface area (Å²) >= 11 is 6.17. The molecule has 0 saturated carbocycles. The molecular weight excluding hydrogens is 376 g/mol. The van der Waals surface area contributed by atoms with Crippen molar-refractivity contribution in [3.63, 3.8) is 0 Å². The van der Waals surface area contributed by atoms with Crippen molar-refractivity contribution in [2.75, 3.05) is 5.32 Å². The number of ketones is 1. The minimum atomic E-state index is -0.310. The number of aryl methyl sites for hydroxylation is 1. The van der Waals surface area contributed by atoms with Crippen LogP contribution in [0, 0.1) is 6.92 Å². The van der Waals surface area contributed by atoms with Crippen LogP contribution < -0.4 is 10.1 Å². The lowest BCUT2D eigenvalue weighted by Crippen LogP contribution is -2.14. The van der Waals surface area contributed by atoms with Crippen LogP contribution in [-0.4, -0.2) is 16.7 Å². The normalized spacial score (nSPS) is 13.1. The van der Waals surface area contributed by atoms with Gasteiger partial charge in [-0.3, -0.25) is 9.59 Å². The van der Waals surface area contributed by atoms with Crippen molar-refractivity contribution in [2.24, 2.45) is 0 Å². The summed E-state index contributed by atoms with van der Waals surface area (Å²) in [4.78, 5) is 28.2. The number of para-hydroxylation sites is 3. The van der Waals surface area contributed by atoms with Crippen molar-refractivity contribution in [3.05, 3.63) is 76.1 Å². The quantitative estimate of drug-likeness (QED) is 0.610. The fourth-order valence-electron chi connectivity index (χ4n) is 3.49. The van der Waals surface area contributed by atoms with E-state index >= 15 is 0 Å². The molecule has 0 radical (unpaired) electrons. The monoisotopic (exact) mass is 394 g/mol. The summed E-state index contributed by atoms with van der Waals surface area (Å²) < 4.78 is 5.89. The second kappa shape index (κ2) is 7.52. The number of aromatic nitrogens is 1. The zero-order valence-electron chi connectivity index (χ0n) is 15.3. The molecule has 142 valence electrons. The van der Waals surface area contributed by atoms with Gasteiger partial charge in [-0.25, -0.2) is 0 Å². The molecule has 1 aliphatic carbocycles. The van der Waals surface area contributed by atoms with Gasteiger partial charge >= 0.3 is 0 Å². The number of fused-ring (bicyclic) bond motifs is 1. The number of H-pyrrole nitrogens is 1. The summed E-state index contributed by atoms with van der Waals surface area (Å²) in [6.07, 6.45) is 2.12. The van der Waals surface area contributed by atoms with Crippen LogP contribution in [0.1, 0.15) is 44.9 Å². The largest absolute Gasteiger partial charge is 0.454 e. The number of nitrogens with one attached hydrogen (secondary N) is 2. The third-order valence-electron chi connectivity index (χ3n) is 4.86. The summed E-state index contributed by atoms with van der Waals surface area (Å²) in [5.41, 5.74) is 3.14. The number of rotatable bonds is 4. The van der Waals surface area contributed by atoms with Gasteiger partial charge in [-0.2, -0.15) is 0 Å². The van der Waals surface area contributed by atoms with Gasteiger partial charge in [0.2, 0.25) is 0 Å². The van der Waals surface area contributed by atoms with Gasteiger partial charge in [0.25, 0.3) is 5.91 Å². The molecule has 5 nitrogen and oxygen atoms in total. The van der Waals surface area contributed by atoms with Crippen LogP contribution in [-0.2, 0) is 6.42 Å². The van der Waals surface area contributed by atoms with Crippen LogP contribution >= 0.6 is 11.6 Å². The van der Waals surface area contributed by atoms with Gasteiger partial charge in [0.1, 0.15) is 11.4 Å². The molecule has 4 rings (SSSR count). The Hall–Kier alpha value is -3.05. The number of benzene rings is 2. The lowest BCUT2D eigenvalue weighted by atomic mass is 9.94. The highest BCUT2D eigenvalue weighted by atomic mass is 35.5. The second-order valence-corrected chi connectivity index (χ2v) is 7.15. The first kappa shape index (κ1) is 18.3. The molecule has 2 N–H and O–H groups in total. The first-order chi connectivity index (χ1) is 13.5. The number of anilines is 1. The summed E-state index contributed by atoms with van der Waals surface area (Å²) in [6.45, 7) is 1.81. The van der Waals surface area contributed by atoms with E-state index < -0.39 is 0 Å². The minimum absolute atomic E-state index is 0.0940. The summed E-state index contributed by atoms with van der Waals surface area (Å²) in [5.74, 6) is 0.767. The summed E-state index contributed by atoms with van der Waals surface area (Å²) in [5, 5.41) is 3.36. The zero-order valence-corrected chi connectivity index (χ0v) is 16.1. The van der Waals surface area contributed by atoms with E-state index in [9.17, 15) is 9.59 Å². The molecule has 1 heterocycles. The number of amides is 1. The van der Waals surface area contributed by atoms with E-state index in [0.29, 0.717) is 45.5 Å². The maximum atomic E-state index is 12.9. The third-order valence-corrected chi connectivity index (χ3v) is 5.17. The number of hydrogen-bond acceptors (Lipinski definition) is 3. The number of ether oxygens (including phenoxy) is 1. The predicted molar refractivity (Wildman–Crippen MR) is 109 cm³/mol. The van der Waals surface area contributed by atoms with Crippen LogP contribution in [0.3, 0.4) is 0 Å². The zero-order chi connectivity index (χ0) is 19.7. The number of carbonyl (C=O) groups excluding carboxylic acids is 2. The summed E-state index contributed by atoms with van der Waals surface area (Å²) in [6, 6.07) is 14.3. The highest BCUT2D eigenvalue weighted by molar-refractivity contribution is 6.32. The molecule has 2 aromatic carbocycles. The molecule has 0 bridgehead atoms. The molecule has 1 amide bonds. The van der Waals surface area contributed by atoms with Crippen LogP contribution in [0.15, 0.2) is 48.5 Å². The average Bonchev–Trinajstić information content (AvgIpc) is 3.03. The molecule has 0 saturated heterocycles. The molecule has 0 aliphatic heterocycles. The van der Waals surface area contributed by atoms with Crippen LogP contribution in [0.2, 0.25) is 5.02 Å². The molecule has 28 heavy (non-hydrogen) atoms. The van der Waals surface area contributed by atoms with E-state index in [4.69, 9.17) is 16.3 Å². The first-order valence-electron chi connectivity index (χ1n) is 9.12. The van der Waals surface area contributed by atoms with Gasteiger partial charge in [-0.05, 0) is 49.6 Å². The third kappa shape index (κ3) is 3.41. The van der Waals surface area contributed by atoms with Crippen LogP contribution in [0.25, 0.3) is 0 Å². The lowest BCUT2D eigenvalue weighted by Gasteiger charge is -2.13. The van der Waals surface area contributed by atoms with Gasteiger partial charge in [0.15, 0.2) is 11.5 Å². The van der Waals surface area contributed by atoms with E-state index in [2.05, 4.69) is 10.3 Å². The van der Waals surface area contributed by atoms with Crippen LogP contribution in [0.4, 0.5) is 5.69 Å². The number of halogens is 1. The first-order valence-corrected chi connectivity index (χ1v) is 9.50. The Balaban J connectivity index is 1.61. The number of aromatic amines is 1. The molecule has 0 unspecified atom stereocenters. The van der Waals surface area contributed by atoms with Crippen LogP contribution in [0.5, 0.6) is 11.5 Å². The standard InChI is InChI=1S/C22H19ClN2O3/c1-13-20-16(9-6-10-17(20)26)24-21(13)22(27)25-15-8-3-5-12-19(15)28-18-11-4-2-7-14(18)23/h2-5,7-8,11-12,24H,6,9-10H2,1H3,(H,25,27). The molecule has 1 aromatic heterocycles. The Morgan fingerprint density at radius 3 is 2.54 bits per heavy atom. The highest BCUT2D eigenvalue weighted by Gasteiger charge is 2.26. The Morgan fingerprint density at radius 1 is 1.07 bits per heavy atom. The molecular formula is C22H19ClN2O3. The summed E-state index contributed by atoms with van der Waals surface area (Å²) in [7, 11) is 0. The van der Waals surface area contributed by atoms with Crippen molar-refractivity contribution in [1.82, 2.24) is 4.98 Å². The van der Waals surface area contributed by atoms with Gasteiger partial charge in [-0.15, -0.1) is 0 Å². The van der Waals surface area contributed by atoms with E-state index in [1.165, 1.54) is 0 Å². The molecule has 0 atom stereocenters. The Labute approximate surface area is 167 Å². The molecule has 1 aliphatic rings. The Bertz CT molecular complexity index is 1070. The fourth-order valence-corrected chi connectivity index (χ4v) is 3.67. The van der Waals surface area contributed by atoms with E-state index in [1.807, 2.05) is 24.3 Å². The molecule has 6 heteroatoms. The fraction of sp³-hybridized carbons (Fsp3) is 0.182. The highest BCUT2D eigenvalue weighted by Crippen LogP contribution is 2.34.